The standard InChI is InChI=1S/C27H22F2N4OS/c1-16-7-5-10-19(13-16)25-31-26(34-32-25)23-17(2)33(15-20-8-3-4-12-22(20)29)27(35)30-24(23)18-9-6-11-21(28)14-18/h3-14,24H,15H2,1-2H3,(H,30,35). The molecule has 3 aromatic carbocycles. The van der Waals surface area contributed by atoms with Crippen LogP contribution >= 0.6 is 12.2 Å². The maximum absolute atomic E-state index is 14.4. The Hall–Kier alpha value is -3.91. The van der Waals surface area contributed by atoms with Gasteiger partial charge in [0.1, 0.15) is 11.6 Å². The number of nitrogens with one attached hydrogen (secondary N) is 1. The fourth-order valence-electron chi connectivity index (χ4n) is 4.22. The second kappa shape index (κ2) is 9.38. The summed E-state index contributed by atoms with van der Waals surface area (Å²) >= 11 is 5.65. The minimum atomic E-state index is -0.527. The highest BCUT2D eigenvalue weighted by Crippen LogP contribution is 2.38. The molecule has 0 aliphatic carbocycles. The zero-order chi connectivity index (χ0) is 24.5. The van der Waals surface area contributed by atoms with Gasteiger partial charge in [0.25, 0.3) is 5.89 Å². The largest absolute Gasteiger partial charge is 0.351 e. The van der Waals surface area contributed by atoms with Gasteiger partial charge in [-0.3, -0.25) is 0 Å². The fourth-order valence-corrected chi connectivity index (χ4v) is 4.54. The van der Waals surface area contributed by atoms with Crippen LogP contribution in [0.3, 0.4) is 0 Å². The van der Waals surface area contributed by atoms with Gasteiger partial charge in [0.15, 0.2) is 5.11 Å². The molecule has 1 unspecified atom stereocenters. The summed E-state index contributed by atoms with van der Waals surface area (Å²) in [5.74, 6) is 0.0287. The maximum Gasteiger partial charge on any atom is 0.258 e. The monoisotopic (exact) mass is 488 g/mol. The molecule has 5 nitrogen and oxygen atoms in total. The van der Waals surface area contributed by atoms with Crippen LogP contribution in [0.1, 0.15) is 35.5 Å². The van der Waals surface area contributed by atoms with E-state index in [9.17, 15) is 8.78 Å². The highest BCUT2D eigenvalue weighted by atomic mass is 32.1. The first-order chi connectivity index (χ1) is 16.9. The molecule has 0 amide bonds. The van der Waals surface area contributed by atoms with E-state index in [1.165, 1.54) is 18.2 Å². The Balaban J connectivity index is 1.62. The molecule has 1 atom stereocenters. The normalized spacial score (nSPS) is 15.9. The number of aromatic nitrogens is 2. The molecule has 2 heterocycles. The first-order valence-corrected chi connectivity index (χ1v) is 11.5. The van der Waals surface area contributed by atoms with Gasteiger partial charge in [0.05, 0.1) is 18.2 Å². The molecule has 0 bridgehead atoms. The molecule has 1 N–H and O–H groups in total. The van der Waals surface area contributed by atoms with E-state index in [2.05, 4.69) is 15.5 Å². The van der Waals surface area contributed by atoms with E-state index in [1.54, 1.807) is 35.2 Å². The minimum Gasteiger partial charge on any atom is -0.351 e. The number of hydrogen-bond donors (Lipinski definition) is 1. The molecule has 8 heteroatoms. The molecule has 0 saturated carbocycles. The molecule has 4 aromatic rings. The Labute approximate surface area is 207 Å². The molecular weight excluding hydrogens is 466 g/mol. The number of benzene rings is 3. The van der Waals surface area contributed by atoms with Crippen LogP contribution in [0.15, 0.2) is 83.0 Å². The van der Waals surface area contributed by atoms with Crippen molar-refractivity contribution in [2.24, 2.45) is 0 Å². The third-order valence-corrected chi connectivity index (χ3v) is 6.34. The summed E-state index contributed by atoms with van der Waals surface area (Å²) in [6, 6.07) is 20.1. The fraction of sp³-hybridized carbons (Fsp3) is 0.148. The summed E-state index contributed by atoms with van der Waals surface area (Å²) in [6.45, 7) is 4.07. The van der Waals surface area contributed by atoms with Crippen LogP contribution in [0.2, 0.25) is 0 Å². The van der Waals surface area contributed by atoms with Crippen molar-refractivity contribution in [3.63, 3.8) is 0 Å². The highest BCUT2D eigenvalue weighted by molar-refractivity contribution is 7.80. The second-order valence-corrected chi connectivity index (χ2v) is 8.79. The lowest BCUT2D eigenvalue weighted by Gasteiger charge is -2.37. The minimum absolute atomic E-state index is 0.211. The SMILES string of the molecule is CC1=C(c2nc(-c3cccc(C)c3)no2)C(c2cccc(F)c2)NC(=S)N1Cc1ccccc1F. The van der Waals surface area contributed by atoms with Crippen LogP contribution in [0.5, 0.6) is 0 Å². The van der Waals surface area contributed by atoms with Crippen molar-refractivity contribution in [1.82, 2.24) is 20.4 Å². The third-order valence-electron chi connectivity index (χ3n) is 6.00. The first kappa shape index (κ1) is 22.9. The number of nitrogens with zero attached hydrogens (tertiary/aromatic N) is 3. The summed E-state index contributed by atoms with van der Waals surface area (Å²) in [5, 5.41) is 7.85. The molecule has 1 aliphatic rings. The van der Waals surface area contributed by atoms with Crippen LogP contribution in [0.4, 0.5) is 8.78 Å². The van der Waals surface area contributed by atoms with Crippen molar-refractivity contribution in [2.75, 3.05) is 0 Å². The van der Waals surface area contributed by atoms with Gasteiger partial charge in [-0.05, 0) is 55.9 Å². The lowest BCUT2D eigenvalue weighted by Crippen LogP contribution is -2.45. The summed E-state index contributed by atoms with van der Waals surface area (Å²) < 4.78 is 34.3. The second-order valence-electron chi connectivity index (χ2n) is 8.41. The Bertz CT molecular complexity index is 1450. The van der Waals surface area contributed by atoms with Gasteiger partial charge in [-0.2, -0.15) is 4.98 Å². The zero-order valence-corrected chi connectivity index (χ0v) is 19.9. The molecule has 35 heavy (non-hydrogen) atoms. The Morgan fingerprint density at radius 1 is 1.00 bits per heavy atom. The number of rotatable bonds is 5. The average molecular weight is 489 g/mol. The number of halogens is 2. The highest BCUT2D eigenvalue weighted by Gasteiger charge is 2.34. The van der Waals surface area contributed by atoms with Crippen LogP contribution < -0.4 is 5.32 Å². The molecule has 1 aromatic heterocycles. The summed E-state index contributed by atoms with van der Waals surface area (Å²) in [7, 11) is 0. The molecular formula is C27H22F2N4OS. The Kier molecular flexibility index (Phi) is 6.13. The van der Waals surface area contributed by atoms with Crippen molar-refractivity contribution in [2.45, 2.75) is 26.4 Å². The van der Waals surface area contributed by atoms with E-state index in [0.717, 1.165) is 11.1 Å². The van der Waals surface area contributed by atoms with Crippen molar-refractivity contribution in [3.05, 3.63) is 113 Å². The van der Waals surface area contributed by atoms with Gasteiger partial charge < -0.3 is 14.7 Å². The van der Waals surface area contributed by atoms with Crippen molar-refractivity contribution >= 4 is 22.9 Å². The van der Waals surface area contributed by atoms with E-state index >= 15 is 0 Å². The molecule has 0 fully saturated rings. The molecule has 0 spiro atoms. The summed E-state index contributed by atoms with van der Waals surface area (Å²) in [5.41, 5.74) is 4.40. The maximum atomic E-state index is 14.4. The average Bonchev–Trinajstić information content (AvgIpc) is 3.32. The van der Waals surface area contributed by atoms with Gasteiger partial charge in [-0.1, -0.05) is 59.3 Å². The number of aryl methyl sites for hydroxylation is 1. The van der Waals surface area contributed by atoms with Crippen molar-refractivity contribution in [3.8, 4) is 11.4 Å². The van der Waals surface area contributed by atoms with Crippen LogP contribution in [-0.4, -0.2) is 20.2 Å². The van der Waals surface area contributed by atoms with Crippen LogP contribution in [-0.2, 0) is 6.54 Å². The predicted octanol–water partition coefficient (Wildman–Crippen LogP) is 6.19. The van der Waals surface area contributed by atoms with Crippen molar-refractivity contribution in [1.29, 1.82) is 0 Å². The van der Waals surface area contributed by atoms with Gasteiger partial charge in [-0.25, -0.2) is 8.78 Å². The van der Waals surface area contributed by atoms with Crippen molar-refractivity contribution < 1.29 is 13.3 Å². The third kappa shape index (κ3) is 4.57. The van der Waals surface area contributed by atoms with E-state index in [4.69, 9.17) is 16.7 Å². The Morgan fingerprint density at radius 2 is 1.80 bits per heavy atom. The van der Waals surface area contributed by atoms with Gasteiger partial charge in [-0.15, -0.1) is 0 Å². The molecule has 1 aliphatic heterocycles. The van der Waals surface area contributed by atoms with Gasteiger partial charge >= 0.3 is 0 Å². The molecule has 176 valence electrons. The first-order valence-electron chi connectivity index (χ1n) is 11.1. The smallest absolute Gasteiger partial charge is 0.258 e. The zero-order valence-electron chi connectivity index (χ0n) is 19.1. The Morgan fingerprint density at radius 3 is 2.57 bits per heavy atom. The van der Waals surface area contributed by atoms with Gasteiger partial charge in [0.2, 0.25) is 5.82 Å². The van der Waals surface area contributed by atoms with E-state index in [1.807, 2.05) is 38.1 Å². The molecule has 0 radical (unpaired) electrons. The molecule has 5 rings (SSSR count). The lowest BCUT2D eigenvalue weighted by molar-refractivity contribution is 0.395. The van der Waals surface area contributed by atoms with Crippen LogP contribution in [0, 0.1) is 18.6 Å². The number of allylic oxidation sites excluding steroid dienone is 1. The van der Waals surface area contributed by atoms with E-state index < -0.39 is 6.04 Å². The molecule has 0 saturated heterocycles. The van der Waals surface area contributed by atoms with Gasteiger partial charge in [0, 0.05) is 16.8 Å². The number of thiocarbonyl (C=S) groups is 1. The van der Waals surface area contributed by atoms with E-state index in [-0.39, 0.29) is 24.1 Å². The summed E-state index contributed by atoms with van der Waals surface area (Å²) in [6.07, 6.45) is 0. The topological polar surface area (TPSA) is 54.2 Å². The summed E-state index contributed by atoms with van der Waals surface area (Å²) in [4.78, 5) is 6.45. The van der Waals surface area contributed by atoms with Crippen LogP contribution in [0.25, 0.3) is 17.0 Å². The number of hydrogen-bond acceptors (Lipinski definition) is 4. The predicted molar refractivity (Wildman–Crippen MR) is 134 cm³/mol. The van der Waals surface area contributed by atoms with E-state index in [0.29, 0.717) is 33.3 Å². The lowest BCUT2D eigenvalue weighted by atomic mass is 9.94. The quantitative estimate of drug-likeness (QED) is 0.338.